The molecule has 37 heavy (non-hydrogen) atoms. The van der Waals surface area contributed by atoms with E-state index in [-0.39, 0.29) is 29.8 Å². The predicted octanol–water partition coefficient (Wildman–Crippen LogP) is 5.40. The summed E-state index contributed by atoms with van der Waals surface area (Å²) in [6.07, 6.45) is 24.5. The van der Waals surface area contributed by atoms with Crippen LogP contribution in [0, 0.1) is 12.8 Å². The first kappa shape index (κ1) is 27.3. The summed E-state index contributed by atoms with van der Waals surface area (Å²) in [6.45, 7) is 4.68. The van der Waals surface area contributed by atoms with Crippen molar-refractivity contribution in [2.24, 2.45) is 5.92 Å². The first-order valence-corrected chi connectivity index (χ1v) is 15.6. The molecule has 1 aromatic carbocycles. The van der Waals surface area contributed by atoms with Crippen molar-refractivity contribution in [1.82, 2.24) is 10.2 Å². The number of nitrogens with one attached hydrogen (secondary N) is 1. The van der Waals surface area contributed by atoms with Crippen LogP contribution in [0.2, 0.25) is 0 Å². The number of aliphatic hydroxyl groups excluding tert-OH is 1. The maximum atomic E-state index is 13.7. The smallest absolute Gasteiger partial charge is 0.254 e. The van der Waals surface area contributed by atoms with E-state index >= 15 is 0 Å². The van der Waals surface area contributed by atoms with E-state index < -0.39 is 13.6 Å². The lowest BCUT2D eigenvalue weighted by molar-refractivity contribution is 0.0669. The van der Waals surface area contributed by atoms with E-state index in [2.05, 4.69) is 30.4 Å². The fourth-order valence-corrected chi connectivity index (χ4v) is 6.80. The number of amides is 2. The van der Waals surface area contributed by atoms with E-state index in [1.807, 2.05) is 54.3 Å². The highest BCUT2D eigenvalue weighted by Crippen LogP contribution is 2.31. The third-order valence-corrected chi connectivity index (χ3v) is 8.64. The second kappa shape index (κ2) is 12.7. The van der Waals surface area contributed by atoms with Crippen molar-refractivity contribution in [1.29, 1.82) is 0 Å². The lowest BCUT2D eigenvalue weighted by Gasteiger charge is -2.27. The third-order valence-electron chi connectivity index (χ3n) is 7.63. The van der Waals surface area contributed by atoms with E-state index in [0.717, 1.165) is 49.7 Å². The topological polar surface area (TPSA) is 69.6 Å². The Hall–Kier alpha value is -2.75. The Morgan fingerprint density at radius 3 is 2.51 bits per heavy atom. The molecule has 1 aromatic rings. The van der Waals surface area contributed by atoms with Crippen LogP contribution in [-0.4, -0.2) is 65.7 Å². The summed E-state index contributed by atoms with van der Waals surface area (Å²) in [4.78, 5) is 29.0. The fraction of sp³-hybridized carbons (Fsp3) is 0.452. The molecule has 0 spiro atoms. The molecule has 2 aliphatic carbocycles. The van der Waals surface area contributed by atoms with Gasteiger partial charge in [-0.2, -0.15) is 0 Å². The Balaban J connectivity index is 1.53. The van der Waals surface area contributed by atoms with Crippen LogP contribution < -0.4 is 5.32 Å². The lowest BCUT2D eigenvalue weighted by atomic mass is 9.95. The third kappa shape index (κ3) is 6.97. The van der Waals surface area contributed by atoms with Crippen molar-refractivity contribution in [3.05, 3.63) is 83.0 Å². The summed E-state index contributed by atoms with van der Waals surface area (Å²) in [5.41, 5.74) is 2.98. The van der Waals surface area contributed by atoms with Crippen molar-refractivity contribution in [2.45, 2.75) is 63.6 Å². The molecule has 5 nitrogen and oxygen atoms in total. The van der Waals surface area contributed by atoms with Gasteiger partial charge in [0.1, 0.15) is 6.16 Å². The van der Waals surface area contributed by atoms with Crippen LogP contribution in [0.3, 0.4) is 0 Å². The van der Waals surface area contributed by atoms with Gasteiger partial charge in [0, 0.05) is 17.7 Å². The van der Waals surface area contributed by atoms with E-state index in [0.29, 0.717) is 23.8 Å². The van der Waals surface area contributed by atoms with E-state index in [1.54, 1.807) is 6.07 Å². The van der Waals surface area contributed by atoms with E-state index in [4.69, 9.17) is 0 Å². The Labute approximate surface area is 222 Å². The molecule has 0 bridgehead atoms. The van der Waals surface area contributed by atoms with Gasteiger partial charge in [0.25, 0.3) is 11.8 Å². The number of rotatable bonds is 8. The monoisotopic (exact) mass is 519 g/mol. The second-order valence-electron chi connectivity index (χ2n) is 10.7. The fourth-order valence-electron chi connectivity index (χ4n) is 5.82. The van der Waals surface area contributed by atoms with Crippen LogP contribution in [0.1, 0.15) is 64.8 Å². The number of hydrogen-bond donors (Lipinski definition) is 2. The molecule has 1 saturated heterocycles. The number of benzene rings is 1. The molecule has 1 saturated carbocycles. The molecule has 3 aliphatic rings. The van der Waals surface area contributed by atoms with Crippen LogP contribution in [-0.2, 0) is 0 Å². The minimum Gasteiger partial charge on any atom is -0.391 e. The van der Waals surface area contributed by atoms with E-state index in [1.165, 1.54) is 0 Å². The number of likely N-dealkylation sites (tertiary alicyclic amines) is 1. The van der Waals surface area contributed by atoms with Crippen molar-refractivity contribution in [2.75, 3.05) is 19.4 Å². The van der Waals surface area contributed by atoms with Gasteiger partial charge in [-0.05, 0) is 67.9 Å². The molecule has 2 fully saturated rings. The number of carbonyl (C=O) groups excluding carboxylic acids is 2. The predicted molar refractivity (Wildman–Crippen MR) is 155 cm³/mol. The highest BCUT2D eigenvalue weighted by Gasteiger charge is 2.34. The van der Waals surface area contributed by atoms with Crippen LogP contribution in [0.5, 0.6) is 0 Å². The van der Waals surface area contributed by atoms with Crippen molar-refractivity contribution in [3.63, 3.8) is 0 Å². The molecule has 6 heteroatoms. The summed E-state index contributed by atoms with van der Waals surface area (Å²) in [5, 5.41) is 14.2. The first-order valence-electron chi connectivity index (χ1n) is 13.5. The van der Waals surface area contributed by atoms with Gasteiger partial charge in [0.15, 0.2) is 0 Å². The Morgan fingerprint density at radius 2 is 1.76 bits per heavy atom. The Bertz CT molecular complexity index is 1140. The standard InChI is InChI=1S/C31H39N2O3P/c1-22-18-25(30(35)32-27(21-37(2)3)29(34)24-14-9-10-15-24)20-26(19-22)31(36)33-17-11-16-28(33)23-12-7-5-4-6-8-13-23/h4-8,12-13,18-20,24,27-29,34H,2,9-11,14-17,21H2,1,3H3/p+1. The maximum Gasteiger partial charge on any atom is 0.254 e. The van der Waals surface area contributed by atoms with Crippen LogP contribution in [0.25, 0.3) is 0 Å². The second-order valence-corrected chi connectivity index (χ2v) is 12.8. The summed E-state index contributed by atoms with van der Waals surface area (Å²) in [5.74, 6) is -0.0605. The molecule has 0 aromatic heterocycles. The zero-order valence-corrected chi connectivity index (χ0v) is 23.0. The molecule has 4 atom stereocenters. The van der Waals surface area contributed by atoms with Gasteiger partial charge in [0.2, 0.25) is 0 Å². The minimum absolute atomic E-state index is 0.0180. The van der Waals surface area contributed by atoms with Crippen molar-refractivity contribution >= 4 is 25.7 Å². The van der Waals surface area contributed by atoms with Gasteiger partial charge in [-0.15, -0.1) is 0 Å². The number of hydrogen-bond acceptors (Lipinski definition) is 3. The maximum absolute atomic E-state index is 13.7. The molecule has 0 radical (unpaired) electrons. The number of nitrogens with zero attached hydrogens (tertiary/aromatic N) is 1. The molecule has 4 unspecified atom stereocenters. The molecule has 2 N–H and O–H groups in total. The minimum atomic E-state index is -0.566. The highest BCUT2D eigenvalue weighted by atomic mass is 31.1. The van der Waals surface area contributed by atoms with Gasteiger partial charge < -0.3 is 15.3 Å². The highest BCUT2D eigenvalue weighted by molar-refractivity contribution is 7.55. The SMILES string of the molecule is C=[P+](C)CC(NC(=O)c1cc(C)cc(C(=O)N2CCCC2C2=CC=CC=CC=C2)c1)C(O)C1CCCC1. The van der Waals surface area contributed by atoms with Crippen LogP contribution in [0.4, 0.5) is 0 Å². The quantitative estimate of drug-likeness (QED) is 0.452. The largest absolute Gasteiger partial charge is 0.391 e. The number of carbonyl (C=O) groups is 2. The molecule has 196 valence electrons. The van der Waals surface area contributed by atoms with Gasteiger partial charge in [-0.25, -0.2) is 0 Å². The van der Waals surface area contributed by atoms with Gasteiger partial charge >= 0.3 is 0 Å². The molecule has 2 amide bonds. The molecular weight excluding hydrogens is 479 g/mol. The first-order chi connectivity index (χ1) is 17.8. The summed E-state index contributed by atoms with van der Waals surface area (Å²) < 4.78 is 0. The van der Waals surface area contributed by atoms with Crippen LogP contribution >= 0.6 is 7.55 Å². The Morgan fingerprint density at radius 1 is 1.05 bits per heavy atom. The molecular formula is C31H40N2O3P+. The summed E-state index contributed by atoms with van der Waals surface area (Å²) >= 11 is 0. The van der Waals surface area contributed by atoms with Crippen LogP contribution in [0.15, 0.2) is 66.3 Å². The number of aryl methyl sites for hydroxylation is 1. The zero-order chi connectivity index (χ0) is 26.4. The van der Waals surface area contributed by atoms with Gasteiger partial charge in [0.05, 0.1) is 38.7 Å². The Kier molecular flexibility index (Phi) is 9.34. The number of aliphatic hydroxyl groups is 1. The average molecular weight is 520 g/mol. The van der Waals surface area contributed by atoms with Crippen molar-refractivity contribution < 1.29 is 14.7 Å². The van der Waals surface area contributed by atoms with E-state index in [9.17, 15) is 14.7 Å². The zero-order valence-electron chi connectivity index (χ0n) is 22.1. The van der Waals surface area contributed by atoms with Gasteiger partial charge in [-0.1, -0.05) is 55.4 Å². The lowest BCUT2D eigenvalue weighted by Crippen LogP contribution is -2.47. The molecule has 4 rings (SSSR count). The normalized spacial score (nSPS) is 21.8. The average Bonchev–Trinajstić information content (AvgIpc) is 3.54. The van der Waals surface area contributed by atoms with Crippen molar-refractivity contribution in [3.8, 4) is 0 Å². The molecule has 1 aliphatic heterocycles. The summed E-state index contributed by atoms with van der Waals surface area (Å²) in [6, 6.07) is 5.09. The summed E-state index contributed by atoms with van der Waals surface area (Å²) in [7, 11) is -0.536. The molecule has 1 heterocycles. The van der Waals surface area contributed by atoms with Gasteiger partial charge in [-0.3, -0.25) is 9.59 Å². The number of allylic oxidation sites excluding steroid dienone is 6.